The summed E-state index contributed by atoms with van der Waals surface area (Å²) in [5, 5.41) is 6.93. The van der Waals surface area contributed by atoms with Crippen molar-refractivity contribution in [3.05, 3.63) is 34.9 Å². The molecule has 1 aromatic carbocycles. The molecule has 4 heteroatoms. The van der Waals surface area contributed by atoms with Crippen molar-refractivity contribution in [3.63, 3.8) is 0 Å². The summed E-state index contributed by atoms with van der Waals surface area (Å²) in [5.74, 6) is 0.499. The third-order valence-corrected chi connectivity index (χ3v) is 3.20. The lowest BCUT2D eigenvalue weighted by Crippen LogP contribution is -2.44. The van der Waals surface area contributed by atoms with E-state index in [1.54, 1.807) is 0 Å². The van der Waals surface area contributed by atoms with Crippen molar-refractivity contribution in [3.8, 4) is 0 Å². The number of carbonyl (C=O) groups is 1. The van der Waals surface area contributed by atoms with Crippen LogP contribution in [0.25, 0.3) is 0 Å². The summed E-state index contributed by atoms with van der Waals surface area (Å²) < 4.78 is 0. The highest BCUT2D eigenvalue weighted by Crippen LogP contribution is 2.16. The van der Waals surface area contributed by atoms with Gasteiger partial charge in [0, 0.05) is 17.6 Å². The molecule has 1 aromatic rings. The number of carbonyl (C=O) groups excluding carboxylic acids is 1. The van der Waals surface area contributed by atoms with E-state index in [9.17, 15) is 4.79 Å². The van der Waals surface area contributed by atoms with Crippen LogP contribution >= 0.6 is 11.6 Å². The van der Waals surface area contributed by atoms with Crippen molar-refractivity contribution in [2.75, 3.05) is 6.54 Å². The van der Waals surface area contributed by atoms with Gasteiger partial charge < -0.3 is 5.32 Å². The van der Waals surface area contributed by atoms with E-state index >= 15 is 0 Å². The van der Waals surface area contributed by atoms with Gasteiger partial charge in [0.15, 0.2) is 0 Å². The molecule has 0 saturated heterocycles. The summed E-state index contributed by atoms with van der Waals surface area (Å²) >= 11 is 5.86. The predicted molar refractivity (Wildman–Crippen MR) is 80.3 cm³/mol. The van der Waals surface area contributed by atoms with Gasteiger partial charge in [-0.05, 0) is 37.5 Å². The van der Waals surface area contributed by atoms with E-state index in [4.69, 9.17) is 11.6 Å². The van der Waals surface area contributed by atoms with Gasteiger partial charge in [0.2, 0.25) is 5.91 Å². The highest BCUT2D eigenvalue weighted by molar-refractivity contribution is 6.30. The van der Waals surface area contributed by atoms with Crippen LogP contribution < -0.4 is 10.6 Å². The Morgan fingerprint density at radius 2 is 1.74 bits per heavy atom. The second kappa shape index (κ2) is 7.51. The van der Waals surface area contributed by atoms with Crippen LogP contribution in [0.4, 0.5) is 0 Å². The van der Waals surface area contributed by atoms with E-state index in [-0.39, 0.29) is 18.0 Å². The predicted octanol–water partition coefficient (Wildman–Crippen LogP) is 3.15. The molecule has 19 heavy (non-hydrogen) atoms. The third kappa shape index (κ3) is 5.62. The molecule has 0 aliphatic heterocycles. The quantitative estimate of drug-likeness (QED) is 0.841. The van der Waals surface area contributed by atoms with Crippen molar-refractivity contribution in [2.45, 2.75) is 39.8 Å². The first-order valence-corrected chi connectivity index (χ1v) is 7.07. The molecule has 0 radical (unpaired) electrons. The largest absolute Gasteiger partial charge is 0.354 e. The molecule has 2 N–H and O–H groups in total. The van der Waals surface area contributed by atoms with Gasteiger partial charge in [-0.15, -0.1) is 0 Å². The van der Waals surface area contributed by atoms with Gasteiger partial charge in [0.25, 0.3) is 0 Å². The maximum atomic E-state index is 11.9. The first-order valence-electron chi connectivity index (χ1n) is 6.69. The topological polar surface area (TPSA) is 41.1 Å². The molecule has 0 aliphatic rings. The summed E-state index contributed by atoms with van der Waals surface area (Å²) in [5.41, 5.74) is 1.12. The zero-order valence-corrected chi connectivity index (χ0v) is 12.8. The number of hydrogen-bond donors (Lipinski definition) is 2. The van der Waals surface area contributed by atoms with Gasteiger partial charge in [-0.3, -0.25) is 10.1 Å². The normalized spacial score (nSPS) is 14.2. The van der Waals surface area contributed by atoms with Gasteiger partial charge in [-0.2, -0.15) is 0 Å². The van der Waals surface area contributed by atoms with Crippen molar-refractivity contribution in [1.29, 1.82) is 0 Å². The van der Waals surface area contributed by atoms with Gasteiger partial charge >= 0.3 is 0 Å². The monoisotopic (exact) mass is 282 g/mol. The fraction of sp³-hybridized carbons (Fsp3) is 0.533. The number of benzene rings is 1. The Bertz CT molecular complexity index is 403. The van der Waals surface area contributed by atoms with Crippen LogP contribution in [0.2, 0.25) is 5.02 Å². The minimum absolute atomic E-state index is 0.0366. The van der Waals surface area contributed by atoms with E-state index in [0.29, 0.717) is 12.5 Å². The standard InChI is InChI=1S/C15H23ClN2O/c1-10(2)9-17-15(19)12(4)18-11(3)13-5-7-14(16)8-6-13/h5-8,10-12,18H,9H2,1-4H3,(H,17,19)/t11-,12?/m1/s1. The molecule has 0 spiro atoms. The lowest BCUT2D eigenvalue weighted by Gasteiger charge is -2.20. The molecule has 0 heterocycles. The minimum atomic E-state index is -0.218. The molecule has 1 amide bonds. The van der Waals surface area contributed by atoms with Crippen LogP contribution in [-0.2, 0) is 4.79 Å². The number of rotatable bonds is 6. The maximum Gasteiger partial charge on any atom is 0.236 e. The number of nitrogens with one attached hydrogen (secondary N) is 2. The van der Waals surface area contributed by atoms with E-state index in [0.717, 1.165) is 10.6 Å². The first-order chi connectivity index (χ1) is 8.90. The van der Waals surface area contributed by atoms with Gasteiger partial charge in [0.1, 0.15) is 0 Å². The van der Waals surface area contributed by atoms with Crippen LogP contribution in [0, 0.1) is 5.92 Å². The van der Waals surface area contributed by atoms with Gasteiger partial charge in [-0.1, -0.05) is 37.6 Å². The van der Waals surface area contributed by atoms with E-state index in [1.165, 1.54) is 0 Å². The molecule has 3 nitrogen and oxygen atoms in total. The zero-order valence-electron chi connectivity index (χ0n) is 12.0. The van der Waals surface area contributed by atoms with Crippen LogP contribution in [0.1, 0.15) is 39.3 Å². The fourth-order valence-electron chi connectivity index (χ4n) is 1.76. The first kappa shape index (κ1) is 16.0. The molecular weight excluding hydrogens is 260 g/mol. The lowest BCUT2D eigenvalue weighted by atomic mass is 10.1. The molecule has 0 saturated carbocycles. The van der Waals surface area contributed by atoms with Crippen LogP contribution in [0.5, 0.6) is 0 Å². The average molecular weight is 283 g/mol. The number of amides is 1. The Labute approximate surface area is 120 Å². The molecule has 0 fully saturated rings. The highest BCUT2D eigenvalue weighted by atomic mass is 35.5. The summed E-state index contributed by atoms with van der Waals surface area (Å²) in [6.45, 7) is 8.78. The van der Waals surface area contributed by atoms with E-state index < -0.39 is 0 Å². The van der Waals surface area contributed by atoms with Crippen molar-refractivity contribution >= 4 is 17.5 Å². The molecule has 0 aromatic heterocycles. The Kier molecular flexibility index (Phi) is 6.32. The molecule has 106 valence electrons. The van der Waals surface area contributed by atoms with E-state index in [1.807, 2.05) is 38.1 Å². The number of hydrogen-bond acceptors (Lipinski definition) is 2. The van der Waals surface area contributed by atoms with Crippen LogP contribution in [0.15, 0.2) is 24.3 Å². The Hall–Kier alpha value is -1.06. The molecule has 0 aliphatic carbocycles. The summed E-state index contributed by atoms with van der Waals surface area (Å²) in [6, 6.07) is 7.55. The van der Waals surface area contributed by atoms with Crippen molar-refractivity contribution in [2.24, 2.45) is 5.92 Å². The molecule has 1 rings (SSSR count). The summed E-state index contributed by atoms with van der Waals surface area (Å²) in [7, 11) is 0. The van der Waals surface area contributed by atoms with Gasteiger partial charge in [0.05, 0.1) is 6.04 Å². The second-order valence-corrected chi connectivity index (χ2v) is 5.74. The maximum absolute atomic E-state index is 11.9. The number of halogens is 1. The third-order valence-electron chi connectivity index (χ3n) is 2.95. The van der Waals surface area contributed by atoms with E-state index in [2.05, 4.69) is 24.5 Å². The van der Waals surface area contributed by atoms with Gasteiger partial charge in [-0.25, -0.2) is 0 Å². The molecular formula is C15H23ClN2O. The molecule has 1 unspecified atom stereocenters. The smallest absolute Gasteiger partial charge is 0.236 e. The van der Waals surface area contributed by atoms with Crippen LogP contribution in [-0.4, -0.2) is 18.5 Å². The summed E-state index contributed by atoms with van der Waals surface area (Å²) in [6.07, 6.45) is 0. The Morgan fingerprint density at radius 3 is 2.26 bits per heavy atom. The molecule has 0 bridgehead atoms. The lowest BCUT2D eigenvalue weighted by molar-refractivity contribution is -0.123. The minimum Gasteiger partial charge on any atom is -0.354 e. The summed E-state index contributed by atoms with van der Waals surface area (Å²) in [4.78, 5) is 11.9. The Morgan fingerprint density at radius 1 is 1.16 bits per heavy atom. The highest BCUT2D eigenvalue weighted by Gasteiger charge is 2.16. The Balaban J connectivity index is 2.49. The van der Waals surface area contributed by atoms with Crippen LogP contribution in [0.3, 0.4) is 0 Å². The second-order valence-electron chi connectivity index (χ2n) is 5.30. The fourth-order valence-corrected chi connectivity index (χ4v) is 1.88. The molecule has 2 atom stereocenters. The average Bonchev–Trinajstić information content (AvgIpc) is 2.36. The van der Waals surface area contributed by atoms with Crippen molar-refractivity contribution < 1.29 is 4.79 Å². The SMILES string of the molecule is CC(C)CNC(=O)C(C)N[C@H](C)c1ccc(Cl)cc1. The van der Waals surface area contributed by atoms with Crippen molar-refractivity contribution in [1.82, 2.24) is 10.6 Å². The zero-order chi connectivity index (χ0) is 14.4.